The van der Waals surface area contributed by atoms with Crippen molar-refractivity contribution in [3.63, 3.8) is 0 Å². The molecule has 0 aliphatic carbocycles. The molecule has 0 aromatic heterocycles. The number of carboxylic acids is 1. The SMILES string of the molecule is CC(=O)Oc1ccc2c(c1)[C@@H](C(=O)O)CO2. The molecule has 1 aromatic rings. The van der Waals surface area contributed by atoms with Gasteiger partial charge in [0.25, 0.3) is 0 Å². The van der Waals surface area contributed by atoms with E-state index in [1.807, 2.05) is 0 Å². The van der Waals surface area contributed by atoms with Crippen molar-refractivity contribution >= 4 is 11.9 Å². The van der Waals surface area contributed by atoms with Gasteiger partial charge in [-0.3, -0.25) is 9.59 Å². The van der Waals surface area contributed by atoms with Gasteiger partial charge in [0.1, 0.15) is 24.0 Å². The van der Waals surface area contributed by atoms with Gasteiger partial charge in [-0.05, 0) is 18.2 Å². The first-order chi connectivity index (χ1) is 7.58. The fourth-order valence-electron chi connectivity index (χ4n) is 1.63. The summed E-state index contributed by atoms with van der Waals surface area (Å²) in [5, 5.41) is 8.95. The Hall–Kier alpha value is -2.04. The third-order valence-corrected chi connectivity index (χ3v) is 2.32. The first kappa shape index (κ1) is 10.5. The van der Waals surface area contributed by atoms with Gasteiger partial charge in [-0.2, -0.15) is 0 Å². The fraction of sp³-hybridized carbons (Fsp3) is 0.273. The third kappa shape index (κ3) is 1.84. The molecule has 1 atom stereocenters. The number of hydrogen-bond donors (Lipinski definition) is 1. The molecule has 0 spiro atoms. The Balaban J connectivity index is 2.33. The van der Waals surface area contributed by atoms with E-state index < -0.39 is 17.9 Å². The first-order valence-corrected chi connectivity index (χ1v) is 4.76. The summed E-state index contributed by atoms with van der Waals surface area (Å²) in [6.07, 6.45) is 0. The number of benzene rings is 1. The highest BCUT2D eigenvalue weighted by Gasteiger charge is 2.30. The minimum absolute atomic E-state index is 0.119. The van der Waals surface area contributed by atoms with Crippen LogP contribution in [0.1, 0.15) is 18.4 Å². The van der Waals surface area contributed by atoms with E-state index >= 15 is 0 Å². The van der Waals surface area contributed by atoms with Crippen LogP contribution in [0.4, 0.5) is 0 Å². The molecule has 5 heteroatoms. The predicted molar refractivity (Wildman–Crippen MR) is 53.6 cm³/mol. The Labute approximate surface area is 91.6 Å². The van der Waals surface area contributed by atoms with Gasteiger partial charge in [0.05, 0.1) is 0 Å². The van der Waals surface area contributed by atoms with E-state index in [0.29, 0.717) is 17.1 Å². The second-order valence-corrected chi connectivity index (χ2v) is 3.50. The van der Waals surface area contributed by atoms with Crippen LogP contribution < -0.4 is 9.47 Å². The van der Waals surface area contributed by atoms with Crippen molar-refractivity contribution in [2.24, 2.45) is 0 Å². The quantitative estimate of drug-likeness (QED) is 0.600. The number of carbonyl (C=O) groups is 2. The standard InChI is InChI=1S/C11H10O5/c1-6(12)16-7-2-3-10-8(4-7)9(5-15-10)11(13)14/h2-4,9H,5H2,1H3,(H,13,14)/t9-/m0/s1. The Kier molecular flexibility index (Phi) is 2.52. The molecule has 1 aliphatic rings. The van der Waals surface area contributed by atoms with Crippen LogP contribution in [0.3, 0.4) is 0 Å². The van der Waals surface area contributed by atoms with Crippen molar-refractivity contribution in [2.75, 3.05) is 6.61 Å². The molecule has 2 rings (SSSR count). The van der Waals surface area contributed by atoms with Crippen LogP contribution in [0.15, 0.2) is 18.2 Å². The van der Waals surface area contributed by atoms with E-state index in [-0.39, 0.29) is 6.61 Å². The lowest BCUT2D eigenvalue weighted by molar-refractivity contribution is -0.139. The largest absolute Gasteiger partial charge is 0.492 e. The zero-order valence-electron chi connectivity index (χ0n) is 8.60. The highest BCUT2D eigenvalue weighted by Crippen LogP contribution is 2.36. The van der Waals surface area contributed by atoms with E-state index in [1.165, 1.54) is 13.0 Å². The fourth-order valence-corrected chi connectivity index (χ4v) is 1.63. The number of aliphatic carboxylic acids is 1. The second kappa shape index (κ2) is 3.84. The number of carboxylic acid groups (broad SMARTS) is 1. The summed E-state index contributed by atoms with van der Waals surface area (Å²) in [6.45, 7) is 1.41. The minimum atomic E-state index is -0.946. The zero-order chi connectivity index (χ0) is 11.7. The lowest BCUT2D eigenvalue weighted by Crippen LogP contribution is -2.12. The van der Waals surface area contributed by atoms with E-state index in [1.54, 1.807) is 12.1 Å². The van der Waals surface area contributed by atoms with Gasteiger partial charge in [0.2, 0.25) is 0 Å². The minimum Gasteiger partial charge on any atom is -0.492 e. The Morgan fingerprint density at radius 1 is 1.50 bits per heavy atom. The predicted octanol–water partition coefficient (Wildman–Crippen LogP) is 1.17. The molecule has 0 amide bonds. The number of esters is 1. The average molecular weight is 222 g/mol. The highest BCUT2D eigenvalue weighted by molar-refractivity contribution is 5.79. The maximum atomic E-state index is 10.9. The number of rotatable bonds is 2. The van der Waals surface area contributed by atoms with E-state index in [2.05, 4.69) is 0 Å². The lowest BCUT2D eigenvalue weighted by Gasteiger charge is -2.05. The summed E-state index contributed by atoms with van der Waals surface area (Å²) in [5.74, 6) is -1.21. The molecule has 0 fully saturated rings. The second-order valence-electron chi connectivity index (χ2n) is 3.50. The van der Waals surface area contributed by atoms with Crippen LogP contribution >= 0.6 is 0 Å². The van der Waals surface area contributed by atoms with Crippen molar-refractivity contribution in [2.45, 2.75) is 12.8 Å². The summed E-state index contributed by atoms with van der Waals surface area (Å²) in [6, 6.07) is 4.71. The molecule has 5 nitrogen and oxygen atoms in total. The molecule has 16 heavy (non-hydrogen) atoms. The van der Waals surface area contributed by atoms with Crippen LogP contribution in [0.2, 0.25) is 0 Å². The van der Waals surface area contributed by atoms with Gasteiger partial charge >= 0.3 is 11.9 Å². The molecule has 0 unspecified atom stereocenters. The van der Waals surface area contributed by atoms with Crippen LogP contribution in [0.5, 0.6) is 11.5 Å². The van der Waals surface area contributed by atoms with Crippen LogP contribution in [-0.4, -0.2) is 23.7 Å². The summed E-state index contributed by atoms with van der Waals surface area (Å²) in [5.41, 5.74) is 0.547. The van der Waals surface area contributed by atoms with Crippen LogP contribution in [0, 0.1) is 0 Å². The van der Waals surface area contributed by atoms with Gasteiger partial charge in [-0.1, -0.05) is 0 Å². The van der Waals surface area contributed by atoms with E-state index in [9.17, 15) is 9.59 Å². The molecule has 1 aliphatic heterocycles. The van der Waals surface area contributed by atoms with Crippen molar-refractivity contribution in [1.82, 2.24) is 0 Å². The van der Waals surface area contributed by atoms with Gasteiger partial charge in [-0.25, -0.2) is 0 Å². The maximum absolute atomic E-state index is 10.9. The number of hydrogen-bond acceptors (Lipinski definition) is 4. The Bertz CT molecular complexity index is 452. The first-order valence-electron chi connectivity index (χ1n) is 4.76. The summed E-state index contributed by atoms with van der Waals surface area (Å²) in [4.78, 5) is 21.7. The average Bonchev–Trinajstić information content (AvgIpc) is 2.59. The topological polar surface area (TPSA) is 72.8 Å². The maximum Gasteiger partial charge on any atom is 0.314 e. The highest BCUT2D eigenvalue weighted by atomic mass is 16.5. The monoisotopic (exact) mass is 222 g/mol. The summed E-state index contributed by atoms with van der Waals surface area (Å²) in [7, 11) is 0. The van der Waals surface area contributed by atoms with Crippen LogP contribution in [0.25, 0.3) is 0 Å². The van der Waals surface area contributed by atoms with Crippen molar-refractivity contribution in [1.29, 1.82) is 0 Å². The number of carbonyl (C=O) groups excluding carboxylic acids is 1. The number of fused-ring (bicyclic) bond motifs is 1. The van der Waals surface area contributed by atoms with Gasteiger partial charge in [0, 0.05) is 12.5 Å². The van der Waals surface area contributed by atoms with Crippen molar-refractivity contribution < 1.29 is 24.2 Å². The van der Waals surface area contributed by atoms with E-state index in [0.717, 1.165) is 0 Å². The molecule has 1 heterocycles. The normalized spacial score (nSPS) is 17.4. The van der Waals surface area contributed by atoms with Gasteiger partial charge in [0.15, 0.2) is 0 Å². The van der Waals surface area contributed by atoms with Crippen molar-refractivity contribution in [3.05, 3.63) is 23.8 Å². The Morgan fingerprint density at radius 2 is 2.25 bits per heavy atom. The lowest BCUT2D eigenvalue weighted by atomic mass is 10.0. The summed E-state index contributed by atoms with van der Waals surface area (Å²) >= 11 is 0. The molecule has 0 bridgehead atoms. The van der Waals surface area contributed by atoms with Crippen LogP contribution in [-0.2, 0) is 9.59 Å². The Morgan fingerprint density at radius 3 is 2.88 bits per heavy atom. The smallest absolute Gasteiger partial charge is 0.314 e. The molecular formula is C11H10O5. The molecule has 0 saturated heterocycles. The van der Waals surface area contributed by atoms with Gasteiger partial charge < -0.3 is 14.6 Å². The number of ether oxygens (including phenoxy) is 2. The molecule has 1 N–H and O–H groups in total. The van der Waals surface area contributed by atoms with E-state index in [4.69, 9.17) is 14.6 Å². The molecule has 84 valence electrons. The van der Waals surface area contributed by atoms with Crippen molar-refractivity contribution in [3.8, 4) is 11.5 Å². The summed E-state index contributed by atoms with van der Waals surface area (Å²) < 4.78 is 10.1. The zero-order valence-corrected chi connectivity index (χ0v) is 8.60. The molecule has 0 saturated carbocycles. The van der Waals surface area contributed by atoms with Gasteiger partial charge in [-0.15, -0.1) is 0 Å². The molecule has 0 radical (unpaired) electrons. The molecular weight excluding hydrogens is 212 g/mol. The molecule has 1 aromatic carbocycles. The third-order valence-electron chi connectivity index (χ3n) is 2.32.